The van der Waals surface area contributed by atoms with E-state index in [1.807, 2.05) is 5.38 Å². The van der Waals surface area contributed by atoms with E-state index in [1.54, 1.807) is 30.1 Å². The first-order valence-corrected chi connectivity index (χ1v) is 8.64. The van der Waals surface area contributed by atoms with Crippen molar-refractivity contribution in [3.63, 3.8) is 0 Å². The van der Waals surface area contributed by atoms with Gasteiger partial charge in [0.2, 0.25) is 0 Å². The summed E-state index contributed by atoms with van der Waals surface area (Å²) in [5.41, 5.74) is 0.225. The quantitative estimate of drug-likeness (QED) is 0.686. The molecule has 0 radical (unpaired) electrons. The third kappa shape index (κ3) is 4.25. The van der Waals surface area contributed by atoms with Gasteiger partial charge in [0.05, 0.1) is 22.6 Å². The van der Waals surface area contributed by atoms with Crippen LogP contribution in [0.2, 0.25) is 5.02 Å². The number of hydrogen-bond acceptors (Lipinski definition) is 5. The van der Waals surface area contributed by atoms with E-state index in [-0.39, 0.29) is 17.5 Å². The average Bonchev–Trinajstić information content (AvgIpc) is 3.30. The molecule has 130 valence electrons. The Morgan fingerprint density at radius 1 is 1.36 bits per heavy atom. The van der Waals surface area contributed by atoms with E-state index in [4.69, 9.17) is 11.6 Å². The first-order valence-electron chi connectivity index (χ1n) is 7.38. The molecule has 10 heteroatoms. The highest BCUT2D eigenvalue weighted by molar-refractivity contribution is 7.12. The number of aromatic nitrogens is 4. The summed E-state index contributed by atoms with van der Waals surface area (Å²) in [5, 5.41) is 16.0. The lowest BCUT2D eigenvalue weighted by Gasteiger charge is -2.03. The van der Waals surface area contributed by atoms with E-state index in [1.165, 1.54) is 28.3 Å². The number of hydrogen-bond donors (Lipinski definition) is 2. The minimum Gasteiger partial charge on any atom is -0.349 e. The monoisotopic (exact) mass is 378 g/mol. The molecule has 0 aliphatic carbocycles. The molecule has 3 heterocycles. The maximum Gasteiger partial charge on any atom is 0.271 e. The van der Waals surface area contributed by atoms with Crippen LogP contribution in [0.15, 0.2) is 36.0 Å². The third-order valence-electron chi connectivity index (χ3n) is 3.33. The molecule has 2 amide bonds. The number of thiophene rings is 1. The van der Waals surface area contributed by atoms with Crippen LogP contribution in [0.4, 0.5) is 5.82 Å². The molecule has 3 aromatic heterocycles. The molecule has 0 saturated heterocycles. The largest absolute Gasteiger partial charge is 0.349 e. The summed E-state index contributed by atoms with van der Waals surface area (Å²) in [7, 11) is 1.66. The molecule has 0 fully saturated rings. The van der Waals surface area contributed by atoms with Crippen LogP contribution in [0.1, 0.15) is 20.2 Å². The summed E-state index contributed by atoms with van der Waals surface area (Å²) in [6.45, 7) is 0.873. The predicted molar refractivity (Wildman–Crippen MR) is 95.1 cm³/mol. The van der Waals surface area contributed by atoms with E-state index in [2.05, 4.69) is 20.8 Å². The SMILES string of the molecule is Cn1nc(C(=O)NCCn2cc(Cl)cn2)cc1NC(=O)c1cccs1. The summed E-state index contributed by atoms with van der Waals surface area (Å²) < 4.78 is 3.08. The zero-order valence-electron chi connectivity index (χ0n) is 13.3. The molecule has 0 aliphatic rings. The molecule has 3 aromatic rings. The maximum absolute atomic E-state index is 12.2. The Labute approximate surface area is 152 Å². The average molecular weight is 379 g/mol. The molecule has 0 atom stereocenters. The van der Waals surface area contributed by atoms with Gasteiger partial charge in [-0.15, -0.1) is 11.3 Å². The van der Waals surface area contributed by atoms with Crippen LogP contribution < -0.4 is 10.6 Å². The van der Waals surface area contributed by atoms with Gasteiger partial charge in [-0.3, -0.25) is 19.0 Å². The number of anilines is 1. The number of amides is 2. The first kappa shape index (κ1) is 17.2. The Balaban J connectivity index is 1.57. The molecule has 0 aliphatic heterocycles. The molecular formula is C15H15ClN6O2S. The van der Waals surface area contributed by atoms with E-state index < -0.39 is 0 Å². The van der Waals surface area contributed by atoms with Gasteiger partial charge in [0.25, 0.3) is 11.8 Å². The second-order valence-electron chi connectivity index (χ2n) is 5.15. The molecule has 8 nitrogen and oxygen atoms in total. The van der Waals surface area contributed by atoms with E-state index in [0.717, 1.165) is 0 Å². The van der Waals surface area contributed by atoms with Crippen LogP contribution in [-0.2, 0) is 13.6 Å². The van der Waals surface area contributed by atoms with Crippen LogP contribution in [0.25, 0.3) is 0 Å². The van der Waals surface area contributed by atoms with Gasteiger partial charge in [-0.2, -0.15) is 10.2 Å². The van der Waals surface area contributed by atoms with Crippen molar-refractivity contribution in [2.45, 2.75) is 6.54 Å². The lowest BCUT2D eigenvalue weighted by Crippen LogP contribution is -2.27. The number of nitrogens with one attached hydrogen (secondary N) is 2. The van der Waals surface area contributed by atoms with Crippen molar-refractivity contribution in [1.29, 1.82) is 0 Å². The van der Waals surface area contributed by atoms with Gasteiger partial charge in [0.1, 0.15) is 5.82 Å². The summed E-state index contributed by atoms with van der Waals surface area (Å²) in [4.78, 5) is 24.8. The predicted octanol–water partition coefficient (Wildman–Crippen LogP) is 2.01. The number of rotatable bonds is 6. The van der Waals surface area contributed by atoms with Gasteiger partial charge in [-0.05, 0) is 11.4 Å². The Bertz CT molecular complexity index is 886. The van der Waals surface area contributed by atoms with Crippen LogP contribution in [-0.4, -0.2) is 37.9 Å². The van der Waals surface area contributed by atoms with Gasteiger partial charge >= 0.3 is 0 Å². The van der Waals surface area contributed by atoms with E-state index in [0.29, 0.717) is 28.8 Å². The standard InChI is InChI=1S/C15H15ClN6O2S/c1-21-13(19-15(24)12-3-2-6-25-12)7-11(20-21)14(23)17-4-5-22-9-10(16)8-18-22/h2-3,6-9H,4-5H2,1H3,(H,17,23)(H,19,24). The van der Waals surface area contributed by atoms with Crippen molar-refractivity contribution in [3.05, 3.63) is 51.6 Å². The van der Waals surface area contributed by atoms with Gasteiger partial charge < -0.3 is 10.6 Å². The minimum absolute atomic E-state index is 0.225. The number of nitrogens with zero attached hydrogens (tertiary/aromatic N) is 4. The van der Waals surface area contributed by atoms with E-state index >= 15 is 0 Å². The van der Waals surface area contributed by atoms with Crippen molar-refractivity contribution in [3.8, 4) is 0 Å². The lowest BCUT2D eigenvalue weighted by molar-refractivity contribution is 0.0945. The topological polar surface area (TPSA) is 93.8 Å². The van der Waals surface area contributed by atoms with Gasteiger partial charge in [0.15, 0.2) is 5.69 Å². The van der Waals surface area contributed by atoms with Crippen molar-refractivity contribution in [2.75, 3.05) is 11.9 Å². The zero-order chi connectivity index (χ0) is 17.8. The van der Waals surface area contributed by atoms with Crippen LogP contribution >= 0.6 is 22.9 Å². The lowest BCUT2D eigenvalue weighted by atomic mass is 10.3. The summed E-state index contributed by atoms with van der Waals surface area (Å²) in [6, 6.07) is 5.06. The number of aryl methyl sites for hydroxylation is 1. The highest BCUT2D eigenvalue weighted by Gasteiger charge is 2.15. The van der Waals surface area contributed by atoms with Crippen LogP contribution in [0, 0.1) is 0 Å². The zero-order valence-corrected chi connectivity index (χ0v) is 14.8. The number of halogens is 1. The number of carbonyl (C=O) groups excluding carboxylic acids is 2. The van der Waals surface area contributed by atoms with Gasteiger partial charge in [0, 0.05) is 25.9 Å². The first-order chi connectivity index (χ1) is 12.0. The summed E-state index contributed by atoms with van der Waals surface area (Å²) in [6.07, 6.45) is 3.21. The molecule has 3 rings (SSSR count). The summed E-state index contributed by atoms with van der Waals surface area (Å²) >= 11 is 7.12. The van der Waals surface area contributed by atoms with Crippen LogP contribution in [0.3, 0.4) is 0 Å². The smallest absolute Gasteiger partial charge is 0.271 e. The molecular weight excluding hydrogens is 364 g/mol. The molecule has 25 heavy (non-hydrogen) atoms. The molecule has 0 saturated carbocycles. The molecule has 0 spiro atoms. The Morgan fingerprint density at radius 2 is 2.20 bits per heavy atom. The fraction of sp³-hybridized carbons (Fsp3) is 0.200. The third-order valence-corrected chi connectivity index (χ3v) is 4.39. The summed E-state index contributed by atoms with van der Waals surface area (Å²) in [5.74, 6) is -0.117. The van der Waals surface area contributed by atoms with Crippen LogP contribution in [0.5, 0.6) is 0 Å². The highest BCUT2D eigenvalue weighted by Crippen LogP contribution is 2.14. The molecule has 0 aromatic carbocycles. The van der Waals surface area contributed by atoms with Gasteiger partial charge in [-0.25, -0.2) is 0 Å². The van der Waals surface area contributed by atoms with Crippen molar-refractivity contribution >= 4 is 40.6 Å². The molecule has 2 N–H and O–H groups in total. The Morgan fingerprint density at radius 3 is 2.88 bits per heavy atom. The second kappa shape index (κ2) is 7.49. The fourth-order valence-electron chi connectivity index (χ4n) is 2.12. The highest BCUT2D eigenvalue weighted by atomic mass is 35.5. The van der Waals surface area contributed by atoms with Crippen molar-refractivity contribution < 1.29 is 9.59 Å². The van der Waals surface area contributed by atoms with Crippen molar-refractivity contribution in [2.24, 2.45) is 7.05 Å². The number of carbonyl (C=O) groups is 2. The van der Waals surface area contributed by atoms with Gasteiger partial charge in [-0.1, -0.05) is 17.7 Å². The van der Waals surface area contributed by atoms with E-state index in [9.17, 15) is 9.59 Å². The Kier molecular flexibility index (Phi) is 5.15. The molecule has 0 bridgehead atoms. The Hall–Kier alpha value is -2.65. The fourth-order valence-corrected chi connectivity index (χ4v) is 2.89. The second-order valence-corrected chi connectivity index (χ2v) is 6.53. The normalized spacial score (nSPS) is 10.6. The minimum atomic E-state index is -0.328. The molecule has 0 unspecified atom stereocenters. The maximum atomic E-state index is 12.2. The van der Waals surface area contributed by atoms with Crippen molar-refractivity contribution in [1.82, 2.24) is 24.9 Å².